The minimum absolute atomic E-state index is 0.0241. The number of amides is 1. The predicted molar refractivity (Wildman–Crippen MR) is 95.2 cm³/mol. The summed E-state index contributed by atoms with van der Waals surface area (Å²) in [6.07, 6.45) is 1.63. The average Bonchev–Trinajstić information content (AvgIpc) is 2.98. The van der Waals surface area contributed by atoms with E-state index in [1.165, 1.54) is 0 Å². The van der Waals surface area contributed by atoms with Crippen LogP contribution in [0, 0.1) is 6.92 Å². The molecule has 5 nitrogen and oxygen atoms in total. The number of aromatic nitrogens is 3. The van der Waals surface area contributed by atoms with E-state index in [2.05, 4.69) is 20.5 Å². The van der Waals surface area contributed by atoms with Gasteiger partial charge in [0.05, 0.1) is 5.69 Å². The molecular formula is C18H16ClFN4O. The smallest absolute Gasteiger partial charge is 0.260 e. The fraction of sp³-hybridized carbons (Fsp3) is 0.167. The zero-order chi connectivity index (χ0) is 17.8. The van der Waals surface area contributed by atoms with Gasteiger partial charge in [0, 0.05) is 35.0 Å². The first-order valence-electron chi connectivity index (χ1n) is 7.69. The third kappa shape index (κ3) is 4.03. The topological polar surface area (TPSA) is 70.7 Å². The largest absolute Gasteiger partial charge is 0.306 e. The Bertz CT molecular complexity index is 865. The Morgan fingerprint density at radius 2 is 1.92 bits per heavy atom. The molecule has 2 N–H and O–H groups in total. The van der Waals surface area contributed by atoms with Gasteiger partial charge in [-0.15, -0.1) is 0 Å². The molecule has 0 spiro atoms. The van der Waals surface area contributed by atoms with Crippen LogP contribution in [-0.4, -0.2) is 27.3 Å². The van der Waals surface area contributed by atoms with Gasteiger partial charge in [-0.05, 0) is 36.8 Å². The zero-order valence-electron chi connectivity index (χ0n) is 13.5. The van der Waals surface area contributed by atoms with Crippen LogP contribution in [-0.2, 0) is 11.2 Å². The van der Waals surface area contributed by atoms with Gasteiger partial charge in [-0.2, -0.15) is 5.10 Å². The molecule has 2 aromatic heterocycles. The third-order valence-electron chi connectivity index (χ3n) is 3.83. The van der Waals surface area contributed by atoms with E-state index in [1.807, 2.05) is 12.1 Å². The summed E-state index contributed by atoms with van der Waals surface area (Å²) in [4.78, 5) is 16.1. The second kappa shape index (κ2) is 7.44. The van der Waals surface area contributed by atoms with E-state index in [9.17, 15) is 9.18 Å². The minimum Gasteiger partial charge on any atom is -0.306 e. The van der Waals surface area contributed by atoms with Crippen LogP contribution in [0.25, 0.3) is 11.3 Å². The number of halogens is 2. The van der Waals surface area contributed by atoms with Crippen LogP contribution in [0.4, 0.5) is 10.2 Å². The van der Waals surface area contributed by atoms with Crippen LogP contribution < -0.4 is 5.32 Å². The second-order valence-corrected chi connectivity index (χ2v) is 6.03. The number of anilines is 1. The summed E-state index contributed by atoms with van der Waals surface area (Å²) in [6, 6.07) is 10.4. The molecule has 0 fully saturated rings. The van der Waals surface area contributed by atoms with Crippen LogP contribution in [0.15, 0.2) is 48.8 Å². The van der Waals surface area contributed by atoms with Crippen molar-refractivity contribution in [1.82, 2.24) is 15.2 Å². The molecule has 128 valence electrons. The van der Waals surface area contributed by atoms with E-state index in [-0.39, 0.29) is 6.42 Å². The van der Waals surface area contributed by atoms with E-state index < -0.39 is 12.1 Å². The number of nitrogens with one attached hydrogen (secondary N) is 2. The van der Waals surface area contributed by atoms with Gasteiger partial charge in [0.1, 0.15) is 0 Å². The van der Waals surface area contributed by atoms with Gasteiger partial charge in [-0.1, -0.05) is 23.7 Å². The number of rotatable bonds is 5. The monoisotopic (exact) mass is 358 g/mol. The number of H-pyrrole nitrogens is 1. The predicted octanol–water partition coefficient (Wildman–Crippen LogP) is 3.95. The van der Waals surface area contributed by atoms with Gasteiger partial charge >= 0.3 is 0 Å². The Morgan fingerprint density at radius 1 is 1.24 bits per heavy atom. The fourth-order valence-corrected chi connectivity index (χ4v) is 2.56. The molecule has 2 heterocycles. The SMILES string of the molecule is Cc1c(NC(=O)[C@H](F)Cc2ccc(Cl)cc2)n[nH]c1-c1ccncc1. The summed E-state index contributed by atoms with van der Waals surface area (Å²) in [6.45, 7) is 1.81. The molecule has 1 atom stereocenters. The summed E-state index contributed by atoms with van der Waals surface area (Å²) < 4.78 is 14.2. The Labute approximate surface area is 149 Å². The van der Waals surface area contributed by atoms with Crippen LogP contribution in [0.5, 0.6) is 0 Å². The first kappa shape index (κ1) is 17.1. The molecule has 0 aliphatic heterocycles. The highest BCUT2D eigenvalue weighted by Crippen LogP contribution is 2.25. The van der Waals surface area contributed by atoms with Crippen molar-refractivity contribution in [2.45, 2.75) is 19.5 Å². The molecule has 25 heavy (non-hydrogen) atoms. The second-order valence-electron chi connectivity index (χ2n) is 5.60. The number of nitrogens with zero attached hydrogens (tertiary/aromatic N) is 2. The normalized spacial score (nSPS) is 12.0. The number of hydrogen-bond donors (Lipinski definition) is 2. The Kier molecular flexibility index (Phi) is 5.09. The Balaban J connectivity index is 1.68. The molecule has 3 aromatic rings. The molecule has 0 aliphatic carbocycles. The number of pyridine rings is 1. The van der Waals surface area contributed by atoms with Crippen molar-refractivity contribution in [3.63, 3.8) is 0 Å². The van der Waals surface area contributed by atoms with E-state index >= 15 is 0 Å². The van der Waals surface area contributed by atoms with Crippen molar-refractivity contribution < 1.29 is 9.18 Å². The lowest BCUT2D eigenvalue weighted by atomic mass is 10.1. The van der Waals surface area contributed by atoms with Crippen LogP contribution in [0.2, 0.25) is 5.02 Å². The lowest BCUT2D eigenvalue weighted by Crippen LogP contribution is -2.26. The van der Waals surface area contributed by atoms with Gasteiger partial charge in [0.25, 0.3) is 5.91 Å². The van der Waals surface area contributed by atoms with Crippen molar-refractivity contribution >= 4 is 23.3 Å². The molecule has 0 bridgehead atoms. The van der Waals surface area contributed by atoms with E-state index in [4.69, 9.17) is 11.6 Å². The number of benzene rings is 1. The van der Waals surface area contributed by atoms with Gasteiger partial charge < -0.3 is 5.32 Å². The van der Waals surface area contributed by atoms with Crippen molar-refractivity contribution in [2.75, 3.05) is 5.32 Å². The maximum atomic E-state index is 14.2. The molecular weight excluding hydrogens is 343 g/mol. The maximum Gasteiger partial charge on any atom is 0.260 e. The van der Waals surface area contributed by atoms with Crippen molar-refractivity contribution in [3.05, 3.63) is 64.9 Å². The van der Waals surface area contributed by atoms with Crippen LogP contribution in [0.3, 0.4) is 0 Å². The number of aromatic amines is 1. The molecule has 0 radical (unpaired) electrons. The van der Waals surface area contributed by atoms with Gasteiger partial charge in [0.15, 0.2) is 12.0 Å². The lowest BCUT2D eigenvalue weighted by Gasteiger charge is -2.09. The summed E-state index contributed by atoms with van der Waals surface area (Å²) in [5.41, 5.74) is 3.07. The molecule has 0 unspecified atom stereocenters. The lowest BCUT2D eigenvalue weighted by molar-refractivity contribution is -0.120. The average molecular weight is 359 g/mol. The number of alkyl halides is 1. The number of hydrogen-bond acceptors (Lipinski definition) is 3. The van der Waals surface area contributed by atoms with Gasteiger partial charge in [0.2, 0.25) is 0 Å². The Hall–Kier alpha value is -2.73. The highest BCUT2D eigenvalue weighted by Gasteiger charge is 2.21. The van der Waals surface area contributed by atoms with Crippen molar-refractivity contribution in [2.24, 2.45) is 0 Å². The summed E-state index contributed by atoms with van der Waals surface area (Å²) in [5, 5.41) is 10.0. The third-order valence-corrected chi connectivity index (χ3v) is 4.08. The van der Waals surface area contributed by atoms with Crippen LogP contribution >= 0.6 is 11.6 Å². The summed E-state index contributed by atoms with van der Waals surface area (Å²) >= 11 is 5.80. The van der Waals surface area contributed by atoms with Crippen molar-refractivity contribution in [1.29, 1.82) is 0 Å². The Morgan fingerprint density at radius 3 is 2.60 bits per heavy atom. The van der Waals surface area contributed by atoms with E-state index in [0.29, 0.717) is 16.4 Å². The fourth-order valence-electron chi connectivity index (χ4n) is 2.43. The number of carbonyl (C=O) groups excluding carboxylic acids is 1. The zero-order valence-corrected chi connectivity index (χ0v) is 14.2. The van der Waals surface area contributed by atoms with Crippen molar-refractivity contribution in [3.8, 4) is 11.3 Å². The highest BCUT2D eigenvalue weighted by atomic mass is 35.5. The van der Waals surface area contributed by atoms with Gasteiger partial charge in [-0.3, -0.25) is 14.9 Å². The molecule has 1 aromatic carbocycles. The van der Waals surface area contributed by atoms with E-state index in [1.54, 1.807) is 43.6 Å². The molecule has 3 rings (SSSR count). The molecule has 1 amide bonds. The summed E-state index contributed by atoms with van der Waals surface area (Å²) in [5.74, 6) is -0.415. The molecule has 0 saturated carbocycles. The van der Waals surface area contributed by atoms with E-state index in [0.717, 1.165) is 16.8 Å². The molecule has 0 aliphatic rings. The minimum atomic E-state index is -1.68. The standard InChI is InChI=1S/C18H16ClFN4O/c1-11-16(13-6-8-21-9-7-13)23-24-17(11)22-18(25)15(20)10-12-2-4-14(19)5-3-12/h2-9,15H,10H2,1H3,(H2,22,23,24,25)/t15-/m1/s1. The molecule has 7 heteroatoms. The first-order valence-corrected chi connectivity index (χ1v) is 8.07. The quantitative estimate of drug-likeness (QED) is 0.725. The first-order chi connectivity index (χ1) is 12.0. The van der Waals surface area contributed by atoms with Crippen LogP contribution in [0.1, 0.15) is 11.1 Å². The molecule has 0 saturated heterocycles. The number of carbonyl (C=O) groups is 1. The van der Waals surface area contributed by atoms with Gasteiger partial charge in [-0.25, -0.2) is 4.39 Å². The maximum absolute atomic E-state index is 14.2. The summed E-state index contributed by atoms with van der Waals surface area (Å²) in [7, 11) is 0. The highest BCUT2D eigenvalue weighted by molar-refractivity contribution is 6.30.